The SMILES string of the molecule is O=C(Nc1ccc(F)nc1F)c1cc(Cl)cc(Br)c1. The highest BCUT2D eigenvalue weighted by Crippen LogP contribution is 2.21. The number of hydrogen-bond acceptors (Lipinski definition) is 2. The van der Waals surface area contributed by atoms with Crippen molar-refractivity contribution in [3.63, 3.8) is 0 Å². The van der Waals surface area contributed by atoms with E-state index in [-0.39, 0.29) is 11.3 Å². The molecule has 0 saturated heterocycles. The maximum atomic E-state index is 13.3. The molecule has 0 saturated carbocycles. The van der Waals surface area contributed by atoms with Crippen LogP contribution in [0.25, 0.3) is 0 Å². The number of anilines is 1. The number of benzene rings is 1. The van der Waals surface area contributed by atoms with Gasteiger partial charge in [-0.05, 0) is 30.3 Å². The lowest BCUT2D eigenvalue weighted by Crippen LogP contribution is -2.13. The van der Waals surface area contributed by atoms with Gasteiger partial charge in [-0.3, -0.25) is 4.79 Å². The molecular weight excluding hydrogens is 341 g/mol. The number of hydrogen-bond donors (Lipinski definition) is 1. The zero-order valence-corrected chi connectivity index (χ0v) is 11.6. The standard InChI is InChI=1S/C12H6BrClF2N2O/c13-7-3-6(4-8(14)5-7)12(19)17-9-1-2-10(15)18-11(9)16/h1-5H,(H,17,19). The molecule has 1 amide bonds. The van der Waals surface area contributed by atoms with Gasteiger partial charge in [0, 0.05) is 15.1 Å². The molecule has 0 bridgehead atoms. The molecule has 19 heavy (non-hydrogen) atoms. The minimum absolute atomic E-state index is 0.206. The molecule has 98 valence electrons. The zero-order chi connectivity index (χ0) is 14.0. The molecule has 2 aromatic rings. The minimum atomic E-state index is -1.09. The Balaban J connectivity index is 2.25. The highest BCUT2D eigenvalue weighted by Gasteiger charge is 2.12. The number of carbonyl (C=O) groups excluding carboxylic acids is 1. The summed E-state index contributed by atoms with van der Waals surface area (Å²) in [7, 11) is 0. The molecule has 2 rings (SSSR count). The third-order valence-corrected chi connectivity index (χ3v) is 2.86. The quantitative estimate of drug-likeness (QED) is 0.834. The number of aromatic nitrogens is 1. The highest BCUT2D eigenvalue weighted by molar-refractivity contribution is 9.10. The molecule has 0 radical (unpaired) electrons. The molecule has 0 atom stereocenters. The number of amides is 1. The predicted octanol–water partition coefficient (Wildman–Crippen LogP) is 4.03. The molecule has 0 spiro atoms. The van der Waals surface area contributed by atoms with Crippen molar-refractivity contribution in [1.29, 1.82) is 0 Å². The highest BCUT2D eigenvalue weighted by atomic mass is 79.9. The van der Waals surface area contributed by atoms with Crippen molar-refractivity contribution in [2.75, 3.05) is 5.32 Å². The monoisotopic (exact) mass is 346 g/mol. The van der Waals surface area contributed by atoms with Crippen molar-refractivity contribution >= 4 is 39.1 Å². The summed E-state index contributed by atoms with van der Waals surface area (Å²) < 4.78 is 26.5. The lowest BCUT2D eigenvalue weighted by atomic mass is 10.2. The Labute approximate surface area is 120 Å². The Bertz CT molecular complexity index is 631. The number of halogens is 4. The van der Waals surface area contributed by atoms with Gasteiger partial charge in [-0.1, -0.05) is 27.5 Å². The number of rotatable bonds is 2. The normalized spacial score (nSPS) is 10.3. The topological polar surface area (TPSA) is 42.0 Å². The van der Waals surface area contributed by atoms with E-state index in [1.807, 2.05) is 0 Å². The van der Waals surface area contributed by atoms with E-state index in [1.54, 1.807) is 6.07 Å². The maximum Gasteiger partial charge on any atom is 0.255 e. The van der Waals surface area contributed by atoms with E-state index in [2.05, 4.69) is 26.2 Å². The Kier molecular flexibility index (Phi) is 4.11. The molecular formula is C12H6BrClF2N2O. The van der Waals surface area contributed by atoms with Gasteiger partial charge in [0.25, 0.3) is 5.91 Å². The number of carbonyl (C=O) groups is 1. The van der Waals surface area contributed by atoms with Crippen LogP contribution in [0.2, 0.25) is 5.02 Å². The lowest BCUT2D eigenvalue weighted by molar-refractivity contribution is 0.102. The summed E-state index contributed by atoms with van der Waals surface area (Å²) in [5.41, 5.74) is 0.0330. The average Bonchev–Trinajstić information content (AvgIpc) is 2.31. The van der Waals surface area contributed by atoms with Crippen LogP contribution in [0.5, 0.6) is 0 Å². The van der Waals surface area contributed by atoms with Crippen molar-refractivity contribution in [1.82, 2.24) is 4.98 Å². The van der Waals surface area contributed by atoms with Crippen LogP contribution in [0.15, 0.2) is 34.8 Å². The van der Waals surface area contributed by atoms with Gasteiger partial charge < -0.3 is 5.32 Å². The van der Waals surface area contributed by atoms with Crippen LogP contribution in [0.1, 0.15) is 10.4 Å². The van der Waals surface area contributed by atoms with Crippen molar-refractivity contribution in [2.45, 2.75) is 0 Å². The zero-order valence-electron chi connectivity index (χ0n) is 9.25. The van der Waals surface area contributed by atoms with Crippen LogP contribution in [0.4, 0.5) is 14.5 Å². The number of nitrogens with one attached hydrogen (secondary N) is 1. The van der Waals surface area contributed by atoms with E-state index in [9.17, 15) is 13.6 Å². The van der Waals surface area contributed by atoms with E-state index in [0.29, 0.717) is 9.50 Å². The largest absolute Gasteiger partial charge is 0.318 e. The van der Waals surface area contributed by atoms with Crippen LogP contribution >= 0.6 is 27.5 Å². The Morgan fingerprint density at radius 2 is 2.00 bits per heavy atom. The van der Waals surface area contributed by atoms with Crippen LogP contribution in [-0.2, 0) is 0 Å². The first-order valence-corrected chi connectivity index (χ1v) is 6.22. The average molecular weight is 348 g/mol. The number of nitrogens with zero attached hydrogens (tertiary/aromatic N) is 1. The second kappa shape index (κ2) is 5.63. The molecule has 0 fully saturated rings. The first-order chi connectivity index (χ1) is 8.95. The smallest absolute Gasteiger partial charge is 0.255 e. The van der Waals surface area contributed by atoms with E-state index < -0.39 is 17.8 Å². The number of pyridine rings is 1. The van der Waals surface area contributed by atoms with E-state index in [0.717, 1.165) is 12.1 Å². The van der Waals surface area contributed by atoms with Gasteiger partial charge in [0.05, 0.1) is 5.69 Å². The molecule has 1 aromatic heterocycles. The maximum absolute atomic E-state index is 13.3. The van der Waals surface area contributed by atoms with Gasteiger partial charge >= 0.3 is 0 Å². The first kappa shape index (κ1) is 13.9. The van der Waals surface area contributed by atoms with Crippen molar-refractivity contribution < 1.29 is 13.6 Å². The molecule has 1 aromatic carbocycles. The van der Waals surface area contributed by atoms with Crippen molar-refractivity contribution in [3.05, 3.63) is 57.3 Å². The van der Waals surface area contributed by atoms with Crippen LogP contribution in [0, 0.1) is 11.9 Å². The molecule has 3 nitrogen and oxygen atoms in total. The predicted molar refractivity (Wildman–Crippen MR) is 71.3 cm³/mol. The summed E-state index contributed by atoms with van der Waals surface area (Å²) in [5, 5.41) is 2.64. The van der Waals surface area contributed by atoms with Crippen LogP contribution in [0.3, 0.4) is 0 Å². The van der Waals surface area contributed by atoms with Crippen molar-refractivity contribution in [3.8, 4) is 0 Å². The van der Waals surface area contributed by atoms with Crippen LogP contribution < -0.4 is 5.32 Å². The minimum Gasteiger partial charge on any atom is -0.318 e. The summed E-state index contributed by atoms with van der Waals surface area (Å²) >= 11 is 8.99. The molecule has 7 heteroatoms. The summed E-state index contributed by atoms with van der Waals surface area (Å²) in [6.07, 6.45) is 0. The summed E-state index contributed by atoms with van der Waals surface area (Å²) in [5.74, 6) is -2.62. The Morgan fingerprint density at radius 3 is 2.63 bits per heavy atom. The van der Waals surface area contributed by atoms with E-state index >= 15 is 0 Å². The second-order valence-corrected chi connectivity index (χ2v) is 4.94. The molecule has 1 heterocycles. The van der Waals surface area contributed by atoms with Gasteiger partial charge in [0.2, 0.25) is 11.9 Å². The molecule has 0 aliphatic rings. The summed E-state index contributed by atoms with van der Waals surface area (Å²) in [6.45, 7) is 0. The van der Waals surface area contributed by atoms with Crippen molar-refractivity contribution in [2.24, 2.45) is 0 Å². The van der Waals surface area contributed by atoms with E-state index in [4.69, 9.17) is 11.6 Å². The van der Waals surface area contributed by atoms with E-state index in [1.165, 1.54) is 12.1 Å². The third kappa shape index (κ3) is 3.48. The van der Waals surface area contributed by atoms with Crippen LogP contribution in [-0.4, -0.2) is 10.9 Å². The van der Waals surface area contributed by atoms with Gasteiger partial charge in [0.1, 0.15) is 0 Å². The van der Waals surface area contributed by atoms with Gasteiger partial charge in [-0.15, -0.1) is 0 Å². The van der Waals surface area contributed by atoms with Gasteiger partial charge in [0.15, 0.2) is 0 Å². The lowest BCUT2D eigenvalue weighted by Gasteiger charge is -2.06. The molecule has 0 aliphatic carbocycles. The third-order valence-electron chi connectivity index (χ3n) is 2.19. The van der Waals surface area contributed by atoms with Gasteiger partial charge in [-0.25, -0.2) is 0 Å². The summed E-state index contributed by atoms with van der Waals surface area (Å²) in [6, 6.07) is 6.60. The van der Waals surface area contributed by atoms with Gasteiger partial charge in [-0.2, -0.15) is 13.8 Å². The fourth-order valence-corrected chi connectivity index (χ4v) is 2.24. The first-order valence-electron chi connectivity index (χ1n) is 5.05. The fraction of sp³-hybridized carbons (Fsp3) is 0. The molecule has 0 aliphatic heterocycles. The second-order valence-electron chi connectivity index (χ2n) is 3.58. The Morgan fingerprint density at radius 1 is 1.26 bits per heavy atom. The molecule has 0 unspecified atom stereocenters. The Hall–Kier alpha value is -1.53. The molecule has 1 N–H and O–H groups in total. The summed E-state index contributed by atoms with van der Waals surface area (Å²) in [4.78, 5) is 14.8. The fourth-order valence-electron chi connectivity index (χ4n) is 1.38.